The number of rotatable bonds is 3. The van der Waals surface area contributed by atoms with Gasteiger partial charge in [-0.1, -0.05) is 18.2 Å². The van der Waals surface area contributed by atoms with Gasteiger partial charge in [-0.3, -0.25) is 4.79 Å². The number of nitrogens with zero attached hydrogens (tertiary/aromatic N) is 4. The van der Waals surface area contributed by atoms with Gasteiger partial charge in [-0.15, -0.1) is 0 Å². The number of aromatic nitrogens is 3. The van der Waals surface area contributed by atoms with Gasteiger partial charge < -0.3 is 9.47 Å². The lowest BCUT2D eigenvalue weighted by atomic mass is 10.1. The highest BCUT2D eigenvalue weighted by molar-refractivity contribution is 9.10. The van der Waals surface area contributed by atoms with Crippen molar-refractivity contribution in [1.29, 1.82) is 0 Å². The minimum absolute atomic E-state index is 0.0108. The SMILES string of the molecule is Cc1ccc(-n2nc3c(c2-n2cccc2)CN(C(=O)c2ccccc2Br)C3)cc1C. The zero-order valence-electron chi connectivity index (χ0n) is 16.8. The van der Waals surface area contributed by atoms with Crippen LogP contribution in [0.3, 0.4) is 0 Å². The van der Waals surface area contributed by atoms with Gasteiger partial charge in [0.2, 0.25) is 0 Å². The van der Waals surface area contributed by atoms with Gasteiger partial charge in [0.1, 0.15) is 5.82 Å². The van der Waals surface area contributed by atoms with Crippen LogP contribution in [-0.4, -0.2) is 25.2 Å². The number of halogens is 1. The van der Waals surface area contributed by atoms with E-state index in [9.17, 15) is 4.79 Å². The third kappa shape index (κ3) is 3.08. The molecule has 1 aliphatic rings. The first kappa shape index (κ1) is 18.9. The zero-order valence-corrected chi connectivity index (χ0v) is 18.4. The lowest BCUT2D eigenvalue weighted by Crippen LogP contribution is -2.26. The van der Waals surface area contributed by atoms with E-state index >= 15 is 0 Å². The minimum Gasteiger partial charge on any atom is -0.328 e. The molecule has 2 aromatic carbocycles. The number of carbonyl (C=O) groups is 1. The molecule has 0 saturated heterocycles. The molecule has 0 saturated carbocycles. The fraction of sp³-hybridized carbons (Fsp3) is 0.167. The van der Waals surface area contributed by atoms with Crippen molar-refractivity contribution in [2.75, 3.05) is 0 Å². The third-order valence-corrected chi connectivity index (χ3v) is 6.40. The van der Waals surface area contributed by atoms with Crippen LogP contribution in [0.4, 0.5) is 0 Å². The highest BCUT2D eigenvalue weighted by Gasteiger charge is 2.32. The standard InChI is InChI=1S/C24H21BrN4O/c1-16-9-10-18(13-17(16)2)29-23(27-11-5-6-12-27)20-14-28(15-22(20)26-29)24(30)19-7-3-4-8-21(19)25/h3-13H,14-15H2,1-2H3. The summed E-state index contributed by atoms with van der Waals surface area (Å²) in [5.41, 5.74) is 6.22. The maximum Gasteiger partial charge on any atom is 0.255 e. The molecule has 0 spiro atoms. The van der Waals surface area contributed by atoms with Crippen molar-refractivity contribution >= 4 is 21.8 Å². The Bertz CT molecular complexity index is 1260. The van der Waals surface area contributed by atoms with E-state index < -0.39 is 0 Å². The van der Waals surface area contributed by atoms with Crippen molar-refractivity contribution in [2.24, 2.45) is 0 Å². The minimum atomic E-state index is 0.0108. The Morgan fingerprint density at radius 2 is 1.73 bits per heavy atom. The fourth-order valence-electron chi connectivity index (χ4n) is 3.93. The Hall–Kier alpha value is -3.12. The maximum atomic E-state index is 13.1. The first-order valence-electron chi connectivity index (χ1n) is 9.88. The van der Waals surface area contributed by atoms with Crippen LogP contribution in [0.15, 0.2) is 71.5 Å². The number of benzene rings is 2. The molecule has 150 valence electrons. The summed E-state index contributed by atoms with van der Waals surface area (Å²) < 4.78 is 4.88. The molecule has 2 aromatic heterocycles. The summed E-state index contributed by atoms with van der Waals surface area (Å²) in [7, 11) is 0. The number of aryl methyl sites for hydroxylation is 2. The van der Waals surface area contributed by atoms with Crippen molar-refractivity contribution in [3.63, 3.8) is 0 Å². The van der Waals surface area contributed by atoms with Crippen molar-refractivity contribution < 1.29 is 4.79 Å². The second-order valence-corrected chi connectivity index (χ2v) is 8.51. The lowest BCUT2D eigenvalue weighted by molar-refractivity contribution is 0.0748. The second kappa shape index (κ2) is 7.29. The van der Waals surface area contributed by atoms with Crippen LogP contribution in [0.5, 0.6) is 0 Å². The summed E-state index contributed by atoms with van der Waals surface area (Å²) >= 11 is 3.50. The largest absolute Gasteiger partial charge is 0.328 e. The molecule has 0 unspecified atom stereocenters. The molecule has 0 atom stereocenters. The molecule has 5 nitrogen and oxygen atoms in total. The zero-order chi connectivity index (χ0) is 20.8. The molecule has 0 N–H and O–H groups in total. The number of amides is 1. The molecule has 0 bridgehead atoms. The van der Waals surface area contributed by atoms with Crippen LogP contribution in [0, 0.1) is 13.8 Å². The van der Waals surface area contributed by atoms with Crippen LogP contribution in [-0.2, 0) is 13.1 Å². The Morgan fingerprint density at radius 1 is 0.967 bits per heavy atom. The van der Waals surface area contributed by atoms with Gasteiger partial charge in [0.25, 0.3) is 5.91 Å². The molecular formula is C24H21BrN4O. The molecule has 1 aliphatic heterocycles. The first-order chi connectivity index (χ1) is 14.5. The number of hydrogen-bond acceptors (Lipinski definition) is 2. The fourth-order valence-corrected chi connectivity index (χ4v) is 4.38. The predicted molar refractivity (Wildman–Crippen MR) is 120 cm³/mol. The first-order valence-corrected chi connectivity index (χ1v) is 10.7. The Morgan fingerprint density at radius 3 is 2.47 bits per heavy atom. The van der Waals surface area contributed by atoms with Gasteiger partial charge >= 0.3 is 0 Å². The number of hydrogen-bond donors (Lipinski definition) is 0. The third-order valence-electron chi connectivity index (χ3n) is 5.70. The monoisotopic (exact) mass is 460 g/mol. The number of carbonyl (C=O) groups excluding carboxylic acids is 1. The average Bonchev–Trinajstić information content (AvgIpc) is 3.45. The van der Waals surface area contributed by atoms with Crippen molar-refractivity contribution in [2.45, 2.75) is 26.9 Å². The van der Waals surface area contributed by atoms with Crippen LogP contribution < -0.4 is 0 Å². The molecule has 0 aliphatic carbocycles. The average molecular weight is 461 g/mol. The van der Waals surface area contributed by atoms with Gasteiger partial charge in [-0.2, -0.15) is 5.10 Å². The molecule has 1 amide bonds. The Balaban J connectivity index is 1.57. The van der Waals surface area contributed by atoms with Crippen LogP contribution >= 0.6 is 15.9 Å². The van der Waals surface area contributed by atoms with Gasteiger partial charge in [0.05, 0.1) is 30.0 Å². The van der Waals surface area contributed by atoms with Crippen LogP contribution in [0.1, 0.15) is 32.7 Å². The second-order valence-electron chi connectivity index (χ2n) is 7.66. The molecule has 0 fully saturated rings. The topological polar surface area (TPSA) is 43.1 Å². The van der Waals surface area contributed by atoms with Crippen LogP contribution in [0.2, 0.25) is 0 Å². The normalized spacial score (nSPS) is 13.0. The number of fused-ring (bicyclic) bond motifs is 1. The van der Waals surface area contributed by atoms with E-state index in [4.69, 9.17) is 5.10 Å². The van der Waals surface area contributed by atoms with E-state index in [-0.39, 0.29) is 5.91 Å². The maximum absolute atomic E-state index is 13.1. The Labute approximate surface area is 183 Å². The molecule has 6 heteroatoms. The molecule has 5 rings (SSSR count). The highest BCUT2D eigenvalue weighted by atomic mass is 79.9. The predicted octanol–water partition coefficient (Wildman–Crippen LogP) is 5.20. The smallest absolute Gasteiger partial charge is 0.255 e. The highest BCUT2D eigenvalue weighted by Crippen LogP contribution is 2.32. The summed E-state index contributed by atoms with van der Waals surface area (Å²) in [5, 5.41) is 4.93. The van der Waals surface area contributed by atoms with E-state index in [2.05, 4.69) is 52.5 Å². The van der Waals surface area contributed by atoms with E-state index in [1.807, 2.05) is 58.4 Å². The molecule has 4 aromatic rings. The molecular weight excluding hydrogens is 440 g/mol. The van der Waals surface area contributed by atoms with E-state index in [1.54, 1.807) is 0 Å². The van der Waals surface area contributed by atoms with Gasteiger partial charge in [-0.25, -0.2) is 4.68 Å². The van der Waals surface area contributed by atoms with E-state index in [1.165, 1.54) is 11.1 Å². The molecule has 30 heavy (non-hydrogen) atoms. The Kier molecular flexibility index (Phi) is 4.59. The lowest BCUT2D eigenvalue weighted by Gasteiger charge is -2.18. The summed E-state index contributed by atoms with van der Waals surface area (Å²) in [6.07, 6.45) is 4.04. The van der Waals surface area contributed by atoms with Gasteiger partial charge in [0, 0.05) is 22.4 Å². The van der Waals surface area contributed by atoms with Gasteiger partial charge in [-0.05, 0) is 77.3 Å². The summed E-state index contributed by atoms with van der Waals surface area (Å²) in [6, 6.07) is 17.9. The van der Waals surface area contributed by atoms with Gasteiger partial charge in [0.15, 0.2) is 0 Å². The molecule has 0 radical (unpaired) electrons. The quantitative estimate of drug-likeness (QED) is 0.421. The summed E-state index contributed by atoms with van der Waals surface area (Å²) in [5.74, 6) is 0.998. The summed E-state index contributed by atoms with van der Waals surface area (Å²) in [4.78, 5) is 15.0. The van der Waals surface area contributed by atoms with Crippen LogP contribution in [0.25, 0.3) is 11.5 Å². The summed E-state index contributed by atoms with van der Waals surface area (Å²) in [6.45, 7) is 5.26. The van der Waals surface area contributed by atoms with E-state index in [0.29, 0.717) is 18.7 Å². The molecule has 3 heterocycles. The van der Waals surface area contributed by atoms with E-state index in [0.717, 1.165) is 27.2 Å². The van der Waals surface area contributed by atoms with Crippen molar-refractivity contribution in [1.82, 2.24) is 19.2 Å². The van der Waals surface area contributed by atoms with Crippen molar-refractivity contribution in [3.05, 3.63) is 99.4 Å². The van der Waals surface area contributed by atoms with Crippen molar-refractivity contribution in [3.8, 4) is 11.5 Å².